The molecule has 2 rings (SSSR count). The summed E-state index contributed by atoms with van der Waals surface area (Å²) in [6.45, 7) is 7.05. The van der Waals surface area contributed by atoms with Crippen LogP contribution in [0.4, 0.5) is 0 Å². The van der Waals surface area contributed by atoms with Crippen molar-refractivity contribution >= 4 is 16.7 Å². The van der Waals surface area contributed by atoms with Gasteiger partial charge in [0.05, 0.1) is 17.7 Å². The van der Waals surface area contributed by atoms with Gasteiger partial charge in [-0.15, -0.1) is 0 Å². The highest BCUT2D eigenvalue weighted by Crippen LogP contribution is 2.24. The molecular weight excluding hydrogens is 250 g/mol. The number of amidine groups is 1. The zero-order valence-electron chi connectivity index (χ0n) is 12.2. The molecule has 4 heteroatoms. The first-order valence-corrected chi connectivity index (χ1v) is 6.74. The third-order valence-corrected chi connectivity index (χ3v) is 3.07. The number of nitrogen functional groups attached to an aromatic ring is 1. The van der Waals surface area contributed by atoms with E-state index < -0.39 is 0 Å². The number of para-hydroxylation sites is 1. The fourth-order valence-corrected chi connectivity index (χ4v) is 1.86. The van der Waals surface area contributed by atoms with E-state index in [1.54, 1.807) is 0 Å². The maximum atomic E-state index is 7.67. The van der Waals surface area contributed by atoms with Crippen molar-refractivity contribution in [1.29, 1.82) is 5.41 Å². The largest absolute Gasteiger partial charge is 0.477 e. The molecule has 0 fully saturated rings. The first-order valence-electron chi connectivity index (χ1n) is 6.74. The number of ether oxygens (including phenoxy) is 1. The molecule has 0 spiro atoms. The average molecular weight is 271 g/mol. The maximum Gasteiger partial charge on any atom is 0.225 e. The van der Waals surface area contributed by atoms with Gasteiger partial charge in [-0.2, -0.15) is 0 Å². The number of fused-ring (bicyclic) bond motifs is 1. The van der Waals surface area contributed by atoms with Gasteiger partial charge in [0.1, 0.15) is 5.84 Å². The van der Waals surface area contributed by atoms with Crippen LogP contribution in [0.1, 0.15) is 32.8 Å². The highest BCUT2D eigenvalue weighted by molar-refractivity contribution is 6.00. The van der Waals surface area contributed by atoms with Crippen molar-refractivity contribution < 1.29 is 4.74 Å². The van der Waals surface area contributed by atoms with Crippen molar-refractivity contribution in [2.45, 2.75) is 27.2 Å². The summed E-state index contributed by atoms with van der Waals surface area (Å²) in [6.07, 6.45) is 0.916. The Kier molecular flexibility index (Phi) is 3.93. The smallest absolute Gasteiger partial charge is 0.225 e. The molecule has 0 bridgehead atoms. The quantitative estimate of drug-likeness (QED) is 0.661. The van der Waals surface area contributed by atoms with Gasteiger partial charge >= 0.3 is 0 Å². The molecule has 0 unspecified atom stereocenters. The molecular formula is C16H21N3O. The SMILES string of the molecule is CC(C)(C)CCOc1nc2ccccc2cc1C(=N)N. The van der Waals surface area contributed by atoms with Crippen LogP contribution in [0.2, 0.25) is 0 Å². The minimum absolute atomic E-state index is 0.0194. The molecule has 1 aromatic carbocycles. The fraction of sp³-hybridized carbons (Fsp3) is 0.375. The van der Waals surface area contributed by atoms with Crippen LogP contribution in [0.15, 0.2) is 30.3 Å². The van der Waals surface area contributed by atoms with Gasteiger partial charge in [-0.25, -0.2) is 4.98 Å². The van der Waals surface area contributed by atoms with Gasteiger partial charge in [0.2, 0.25) is 5.88 Å². The second-order valence-corrected chi connectivity index (χ2v) is 6.11. The van der Waals surface area contributed by atoms with Crippen LogP contribution in [0, 0.1) is 10.8 Å². The molecule has 0 aliphatic heterocycles. The molecule has 2 aromatic rings. The lowest BCUT2D eigenvalue weighted by atomic mass is 9.93. The highest BCUT2D eigenvalue weighted by atomic mass is 16.5. The second-order valence-electron chi connectivity index (χ2n) is 6.11. The molecule has 0 radical (unpaired) electrons. The van der Waals surface area contributed by atoms with Crippen LogP contribution in [-0.2, 0) is 0 Å². The van der Waals surface area contributed by atoms with Crippen LogP contribution in [0.5, 0.6) is 5.88 Å². The number of hydrogen-bond donors (Lipinski definition) is 2. The molecule has 4 nitrogen and oxygen atoms in total. The summed E-state index contributed by atoms with van der Waals surface area (Å²) in [5.74, 6) is 0.425. The Balaban J connectivity index is 2.30. The number of nitrogens with one attached hydrogen (secondary N) is 1. The summed E-state index contributed by atoms with van der Waals surface area (Å²) in [5.41, 5.74) is 7.23. The first kappa shape index (κ1) is 14.3. The van der Waals surface area contributed by atoms with Crippen molar-refractivity contribution in [3.05, 3.63) is 35.9 Å². The van der Waals surface area contributed by atoms with Gasteiger partial charge in [0, 0.05) is 5.39 Å². The summed E-state index contributed by atoms with van der Waals surface area (Å²) in [7, 11) is 0. The van der Waals surface area contributed by atoms with E-state index in [1.165, 1.54) is 0 Å². The molecule has 20 heavy (non-hydrogen) atoms. The Morgan fingerprint density at radius 2 is 2.00 bits per heavy atom. The molecule has 0 atom stereocenters. The van der Waals surface area contributed by atoms with E-state index in [-0.39, 0.29) is 11.3 Å². The van der Waals surface area contributed by atoms with Crippen molar-refractivity contribution in [3.8, 4) is 5.88 Å². The molecule has 0 saturated heterocycles. The van der Waals surface area contributed by atoms with Crippen molar-refractivity contribution in [1.82, 2.24) is 4.98 Å². The van der Waals surface area contributed by atoms with E-state index in [9.17, 15) is 0 Å². The third kappa shape index (κ3) is 3.47. The minimum Gasteiger partial charge on any atom is -0.477 e. The number of benzene rings is 1. The van der Waals surface area contributed by atoms with Crippen molar-refractivity contribution in [2.24, 2.45) is 11.1 Å². The molecule has 0 aliphatic carbocycles. The predicted octanol–water partition coefficient (Wildman–Crippen LogP) is 3.33. The number of hydrogen-bond acceptors (Lipinski definition) is 3. The number of nitrogens with two attached hydrogens (primary N) is 1. The fourth-order valence-electron chi connectivity index (χ4n) is 1.86. The first-order chi connectivity index (χ1) is 9.37. The maximum absolute atomic E-state index is 7.67. The van der Waals surface area contributed by atoms with Gasteiger partial charge in [-0.3, -0.25) is 5.41 Å². The lowest BCUT2D eigenvalue weighted by Gasteiger charge is -2.18. The van der Waals surface area contributed by atoms with Crippen LogP contribution in [-0.4, -0.2) is 17.4 Å². The van der Waals surface area contributed by atoms with Gasteiger partial charge in [-0.05, 0) is 24.0 Å². The zero-order chi connectivity index (χ0) is 14.8. The van der Waals surface area contributed by atoms with Gasteiger partial charge in [0.15, 0.2) is 0 Å². The van der Waals surface area contributed by atoms with E-state index in [0.717, 1.165) is 17.3 Å². The van der Waals surface area contributed by atoms with Crippen LogP contribution >= 0.6 is 0 Å². The Bertz CT molecular complexity index is 629. The summed E-state index contributed by atoms with van der Waals surface area (Å²) in [6, 6.07) is 9.61. The Labute approximate surface area is 119 Å². The van der Waals surface area contributed by atoms with Crippen LogP contribution in [0.25, 0.3) is 10.9 Å². The molecule has 1 aromatic heterocycles. The Hall–Kier alpha value is -2.10. The number of pyridine rings is 1. The van der Waals surface area contributed by atoms with Gasteiger partial charge < -0.3 is 10.5 Å². The van der Waals surface area contributed by atoms with Crippen molar-refractivity contribution in [3.63, 3.8) is 0 Å². The average Bonchev–Trinajstić information content (AvgIpc) is 2.36. The highest BCUT2D eigenvalue weighted by Gasteiger charge is 2.14. The predicted molar refractivity (Wildman–Crippen MR) is 82.3 cm³/mol. The molecule has 1 heterocycles. The molecule has 0 amide bonds. The molecule has 0 saturated carbocycles. The van der Waals surface area contributed by atoms with E-state index in [0.29, 0.717) is 18.1 Å². The van der Waals surface area contributed by atoms with Gasteiger partial charge in [-0.1, -0.05) is 39.0 Å². The van der Waals surface area contributed by atoms with Crippen LogP contribution in [0.3, 0.4) is 0 Å². The summed E-state index contributed by atoms with van der Waals surface area (Å²) >= 11 is 0. The third-order valence-electron chi connectivity index (χ3n) is 3.07. The monoisotopic (exact) mass is 271 g/mol. The topological polar surface area (TPSA) is 72.0 Å². The van der Waals surface area contributed by atoms with E-state index in [4.69, 9.17) is 15.9 Å². The zero-order valence-corrected chi connectivity index (χ0v) is 12.2. The van der Waals surface area contributed by atoms with Crippen molar-refractivity contribution in [2.75, 3.05) is 6.61 Å². The van der Waals surface area contributed by atoms with Gasteiger partial charge in [0.25, 0.3) is 0 Å². The van der Waals surface area contributed by atoms with Crippen LogP contribution < -0.4 is 10.5 Å². The number of rotatable bonds is 4. The lowest BCUT2D eigenvalue weighted by molar-refractivity contribution is 0.236. The second kappa shape index (κ2) is 5.49. The Morgan fingerprint density at radius 1 is 1.30 bits per heavy atom. The molecule has 106 valence electrons. The number of aromatic nitrogens is 1. The molecule has 3 N–H and O–H groups in total. The van der Waals surface area contributed by atoms with E-state index >= 15 is 0 Å². The summed E-state index contributed by atoms with van der Waals surface area (Å²) in [4.78, 5) is 4.47. The number of nitrogens with zero attached hydrogens (tertiary/aromatic N) is 1. The normalized spacial score (nSPS) is 11.6. The minimum atomic E-state index is -0.0194. The summed E-state index contributed by atoms with van der Waals surface area (Å²) < 4.78 is 5.75. The Morgan fingerprint density at radius 3 is 2.65 bits per heavy atom. The lowest BCUT2D eigenvalue weighted by Crippen LogP contribution is -2.16. The van der Waals surface area contributed by atoms with E-state index in [2.05, 4.69) is 25.8 Å². The molecule has 0 aliphatic rings. The summed E-state index contributed by atoms with van der Waals surface area (Å²) in [5, 5.41) is 8.63. The van der Waals surface area contributed by atoms with E-state index in [1.807, 2.05) is 30.3 Å². The standard InChI is InChI=1S/C16H21N3O/c1-16(2,3)8-9-20-15-12(14(17)18)10-11-6-4-5-7-13(11)19-15/h4-7,10H,8-9H2,1-3H3,(H3,17,18).